The summed E-state index contributed by atoms with van der Waals surface area (Å²) in [5.74, 6) is -0.136. The lowest BCUT2D eigenvalue weighted by Crippen LogP contribution is -2.13. The molecule has 104 valence electrons. The molecule has 1 heterocycles. The Morgan fingerprint density at radius 1 is 1.05 bits per heavy atom. The second kappa shape index (κ2) is 5.71. The number of benzene rings is 2. The van der Waals surface area contributed by atoms with Gasteiger partial charge in [-0.05, 0) is 36.2 Å². The molecule has 0 atom stereocenters. The van der Waals surface area contributed by atoms with Crippen LogP contribution in [0.25, 0.3) is 11.0 Å². The summed E-state index contributed by atoms with van der Waals surface area (Å²) >= 11 is 0. The second-order valence-corrected chi connectivity index (χ2v) is 4.72. The van der Waals surface area contributed by atoms with Crippen molar-refractivity contribution in [1.29, 1.82) is 0 Å². The topological polar surface area (TPSA) is 54.9 Å². The number of carbonyl (C=O) groups is 1. The molecular formula is C17H15N3O. The maximum Gasteiger partial charge on any atom is 0.255 e. The van der Waals surface area contributed by atoms with E-state index in [0.717, 1.165) is 23.2 Å². The van der Waals surface area contributed by atoms with Crippen LogP contribution in [-0.2, 0) is 6.42 Å². The van der Waals surface area contributed by atoms with Crippen LogP contribution >= 0.6 is 0 Å². The van der Waals surface area contributed by atoms with Crippen molar-refractivity contribution in [3.05, 3.63) is 66.0 Å². The molecule has 21 heavy (non-hydrogen) atoms. The monoisotopic (exact) mass is 277 g/mol. The maximum absolute atomic E-state index is 12.4. The van der Waals surface area contributed by atoms with Gasteiger partial charge in [-0.1, -0.05) is 25.1 Å². The summed E-state index contributed by atoms with van der Waals surface area (Å²) in [7, 11) is 0. The summed E-state index contributed by atoms with van der Waals surface area (Å²) < 4.78 is 0. The van der Waals surface area contributed by atoms with Crippen LogP contribution in [0.3, 0.4) is 0 Å². The Kier molecular flexibility index (Phi) is 3.60. The molecule has 0 bridgehead atoms. The minimum absolute atomic E-state index is 0.136. The van der Waals surface area contributed by atoms with Crippen molar-refractivity contribution in [2.75, 3.05) is 5.32 Å². The normalized spacial score (nSPS) is 10.5. The molecule has 4 nitrogen and oxygen atoms in total. The van der Waals surface area contributed by atoms with Crippen molar-refractivity contribution in [3.63, 3.8) is 0 Å². The Bertz CT molecular complexity index is 799. The van der Waals surface area contributed by atoms with Crippen LogP contribution in [0.5, 0.6) is 0 Å². The smallest absolute Gasteiger partial charge is 0.255 e. The van der Waals surface area contributed by atoms with Crippen LogP contribution in [0.15, 0.2) is 54.9 Å². The molecule has 0 saturated heterocycles. The first kappa shape index (κ1) is 13.2. The molecule has 0 saturated carbocycles. The van der Waals surface area contributed by atoms with Crippen molar-refractivity contribution in [1.82, 2.24) is 9.97 Å². The van der Waals surface area contributed by atoms with E-state index in [4.69, 9.17) is 0 Å². The third kappa shape index (κ3) is 2.74. The second-order valence-electron chi connectivity index (χ2n) is 4.72. The highest BCUT2D eigenvalue weighted by molar-refractivity contribution is 6.06. The number of nitrogens with one attached hydrogen (secondary N) is 1. The number of rotatable bonds is 3. The highest BCUT2D eigenvalue weighted by Gasteiger charge is 2.09. The van der Waals surface area contributed by atoms with Crippen molar-refractivity contribution in [3.8, 4) is 0 Å². The number of aryl methyl sites for hydroxylation is 1. The van der Waals surface area contributed by atoms with Gasteiger partial charge in [0.2, 0.25) is 0 Å². The van der Waals surface area contributed by atoms with E-state index < -0.39 is 0 Å². The number of amides is 1. The fourth-order valence-electron chi connectivity index (χ4n) is 2.25. The van der Waals surface area contributed by atoms with Crippen molar-refractivity contribution in [2.45, 2.75) is 13.3 Å². The molecule has 0 unspecified atom stereocenters. The highest BCUT2D eigenvalue weighted by atomic mass is 16.1. The largest absolute Gasteiger partial charge is 0.322 e. The number of fused-ring (bicyclic) bond motifs is 1. The lowest BCUT2D eigenvalue weighted by molar-refractivity contribution is 0.102. The van der Waals surface area contributed by atoms with Gasteiger partial charge >= 0.3 is 0 Å². The number of para-hydroxylation sites is 1. The summed E-state index contributed by atoms with van der Waals surface area (Å²) in [4.78, 5) is 20.8. The van der Waals surface area contributed by atoms with E-state index in [1.807, 2.05) is 30.3 Å². The quantitative estimate of drug-likeness (QED) is 0.797. The summed E-state index contributed by atoms with van der Waals surface area (Å²) in [6.45, 7) is 2.07. The van der Waals surface area contributed by atoms with Crippen LogP contribution in [0.1, 0.15) is 22.8 Å². The van der Waals surface area contributed by atoms with E-state index in [0.29, 0.717) is 11.1 Å². The first-order chi connectivity index (χ1) is 10.3. The van der Waals surface area contributed by atoms with Gasteiger partial charge in [-0.15, -0.1) is 0 Å². The molecule has 0 aliphatic carbocycles. The Morgan fingerprint density at radius 3 is 2.62 bits per heavy atom. The van der Waals surface area contributed by atoms with Gasteiger partial charge in [-0.25, -0.2) is 0 Å². The SMILES string of the molecule is CCc1ccccc1NC(=O)c1ccc2nccnc2c1. The van der Waals surface area contributed by atoms with Crippen molar-refractivity contribution in [2.24, 2.45) is 0 Å². The number of anilines is 1. The molecule has 0 aliphatic rings. The molecule has 4 heteroatoms. The zero-order valence-corrected chi connectivity index (χ0v) is 11.7. The standard InChI is InChI=1S/C17H15N3O/c1-2-12-5-3-4-6-14(12)20-17(21)13-7-8-15-16(11-13)19-10-9-18-15/h3-11H,2H2,1H3,(H,20,21). The minimum Gasteiger partial charge on any atom is -0.322 e. The molecule has 1 amide bonds. The number of nitrogens with zero attached hydrogens (tertiary/aromatic N) is 2. The molecule has 3 aromatic rings. The lowest BCUT2D eigenvalue weighted by atomic mass is 10.1. The van der Waals surface area contributed by atoms with Crippen molar-refractivity contribution < 1.29 is 4.79 Å². The summed E-state index contributed by atoms with van der Waals surface area (Å²) in [6, 6.07) is 13.1. The predicted octanol–water partition coefficient (Wildman–Crippen LogP) is 3.44. The Balaban J connectivity index is 1.90. The minimum atomic E-state index is -0.136. The predicted molar refractivity (Wildman–Crippen MR) is 83.3 cm³/mol. The van der Waals surface area contributed by atoms with E-state index in [2.05, 4.69) is 22.2 Å². The van der Waals surface area contributed by atoms with E-state index >= 15 is 0 Å². The lowest BCUT2D eigenvalue weighted by Gasteiger charge is -2.09. The first-order valence-corrected chi connectivity index (χ1v) is 6.88. The van der Waals surface area contributed by atoms with Crippen LogP contribution in [0.2, 0.25) is 0 Å². The van der Waals surface area contributed by atoms with Crippen LogP contribution < -0.4 is 5.32 Å². The van der Waals surface area contributed by atoms with Gasteiger partial charge in [0.1, 0.15) is 0 Å². The van der Waals surface area contributed by atoms with E-state index in [1.165, 1.54) is 0 Å². The molecular weight excluding hydrogens is 262 g/mol. The first-order valence-electron chi connectivity index (χ1n) is 6.88. The van der Waals surface area contributed by atoms with E-state index in [1.54, 1.807) is 24.5 Å². The molecule has 0 radical (unpaired) electrons. The Hall–Kier alpha value is -2.75. The third-order valence-corrected chi connectivity index (χ3v) is 3.38. The molecule has 1 aromatic heterocycles. The molecule has 2 aromatic carbocycles. The number of hydrogen-bond donors (Lipinski definition) is 1. The average molecular weight is 277 g/mol. The number of hydrogen-bond acceptors (Lipinski definition) is 3. The van der Waals surface area contributed by atoms with Gasteiger partial charge in [-0.3, -0.25) is 14.8 Å². The Morgan fingerprint density at radius 2 is 1.81 bits per heavy atom. The summed E-state index contributed by atoms with van der Waals surface area (Å²) in [6.07, 6.45) is 4.13. The maximum atomic E-state index is 12.4. The summed E-state index contributed by atoms with van der Waals surface area (Å²) in [5, 5.41) is 2.96. The van der Waals surface area contributed by atoms with Gasteiger partial charge < -0.3 is 5.32 Å². The fraction of sp³-hybridized carbons (Fsp3) is 0.118. The number of aromatic nitrogens is 2. The molecule has 0 spiro atoms. The van der Waals surface area contributed by atoms with Gasteiger partial charge in [0.15, 0.2) is 0 Å². The summed E-state index contributed by atoms with van der Waals surface area (Å²) in [5.41, 5.74) is 4.04. The molecule has 3 rings (SSSR count). The molecule has 0 aliphatic heterocycles. The Labute approximate surface area is 122 Å². The van der Waals surface area contributed by atoms with Crippen LogP contribution in [0, 0.1) is 0 Å². The average Bonchev–Trinajstić information content (AvgIpc) is 2.55. The molecule has 0 fully saturated rings. The zero-order chi connectivity index (χ0) is 14.7. The highest BCUT2D eigenvalue weighted by Crippen LogP contribution is 2.18. The van der Waals surface area contributed by atoms with Crippen LogP contribution in [-0.4, -0.2) is 15.9 Å². The van der Waals surface area contributed by atoms with Gasteiger partial charge in [0.25, 0.3) is 5.91 Å². The zero-order valence-electron chi connectivity index (χ0n) is 11.7. The fourth-order valence-corrected chi connectivity index (χ4v) is 2.25. The van der Waals surface area contributed by atoms with E-state index in [9.17, 15) is 4.79 Å². The third-order valence-electron chi connectivity index (χ3n) is 3.38. The number of carbonyl (C=O) groups excluding carboxylic acids is 1. The van der Waals surface area contributed by atoms with Gasteiger partial charge in [0, 0.05) is 23.6 Å². The van der Waals surface area contributed by atoms with Crippen molar-refractivity contribution >= 4 is 22.6 Å². The van der Waals surface area contributed by atoms with Gasteiger partial charge in [0.05, 0.1) is 11.0 Å². The van der Waals surface area contributed by atoms with Crippen LogP contribution in [0.4, 0.5) is 5.69 Å². The van der Waals surface area contributed by atoms with Gasteiger partial charge in [-0.2, -0.15) is 0 Å². The van der Waals surface area contributed by atoms with E-state index in [-0.39, 0.29) is 5.91 Å². The molecule has 1 N–H and O–H groups in total.